The van der Waals surface area contributed by atoms with Gasteiger partial charge in [-0.3, -0.25) is 0 Å². The zero-order valence-electron chi connectivity index (χ0n) is 9.11. The number of anilines is 1. The molecule has 94 valence electrons. The van der Waals surface area contributed by atoms with Crippen molar-refractivity contribution in [3.05, 3.63) is 51.3 Å². The summed E-state index contributed by atoms with van der Waals surface area (Å²) in [6.45, 7) is 0.359. The molecule has 1 aromatic heterocycles. The van der Waals surface area contributed by atoms with E-state index in [1.54, 1.807) is 18.2 Å². The van der Waals surface area contributed by atoms with Crippen LogP contribution >= 0.6 is 27.5 Å². The zero-order valence-corrected chi connectivity index (χ0v) is 11.5. The van der Waals surface area contributed by atoms with E-state index in [0.717, 1.165) is 10.2 Å². The number of halogens is 2. The fourth-order valence-electron chi connectivity index (χ4n) is 1.49. The first-order chi connectivity index (χ1) is 8.58. The largest absolute Gasteiger partial charge is 0.475 e. The number of furan rings is 1. The standard InChI is InChI=1S/C12H9BrClNO3/c13-9-5-8(14)1-2-10(9)15-6-7-3-4-18-11(7)12(16)17/h1-5,15H,6H2,(H,16,17). The van der Waals surface area contributed by atoms with E-state index in [1.165, 1.54) is 6.26 Å². The Morgan fingerprint density at radius 1 is 1.44 bits per heavy atom. The van der Waals surface area contributed by atoms with Gasteiger partial charge in [-0.25, -0.2) is 4.79 Å². The van der Waals surface area contributed by atoms with Gasteiger partial charge in [-0.05, 0) is 40.2 Å². The van der Waals surface area contributed by atoms with Crippen LogP contribution in [0.5, 0.6) is 0 Å². The highest BCUT2D eigenvalue weighted by atomic mass is 79.9. The molecule has 6 heteroatoms. The van der Waals surface area contributed by atoms with Gasteiger partial charge in [0.1, 0.15) is 0 Å². The molecular weight excluding hydrogens is 321 g/mol. The lowest BCUT2D eigenvalue weighted by Gasteiger charge is -2.08. The molecule has 0 aliphatic carbocycles. The number of nitrogens with one attached hydrogen (secondary N) is 1. The number of carboxylic acid groups (broad SMARTS) is 1. The molecule has 0 spiro atoms. The molecule has 4 nitrogen and oxygen atoms in total. The number of aromatic carboxylic acids is 1. The van der Waals surface area contributed by atoms with Crippen LogP contribution in [-0.2, 0) is 6.54 Å². The first kappa shape index (κ1) is 13.0. The highest BCUT2D eigenvalue weighted by Gasteiger charge is 2.13. The lowest BCUT2D eigenvalue weighted by Crippen LogP contribution is -2.04. The Kier molecular flexibility index (Phi) is 3.93. The van der Waals surface area contributed by atoms with E-state index in [9.17, 15) is 4.79 Å². The molecule has 0 aliphatic heterocycles. The van der Waals surface area contributed by atoms with E-state index in [4.69, 9.17) is 21.1 Å². The van der Waals surface area contributed by atoms with Crippen molar-refractivity contribution in [2.24, 2.45) is 0 Å². The predicted molar refractivity (Wildman–Crippen MR) is 72.1 cm³/mol. The first-order valence-corrected chi connectivity index (χ1v) is 6.23. The molecule has 1 aromatic carbocycles. The topological polar surface area (TPSA) is 62.5 Å². The van der Waals surface area contributed by atoms with Crippen molar-refractivity contribution >= 4 is 39.2 Å². The van der Waals surface area contributed by atoms with E-state index >= 15 is 0 Å². The van der Waals surface area contributed by atoms with E-state index in [-0.39, 0.29) is 5.76 Å². The minimum Gasteiger partial charge on any atom is -0.475 e. The van der Waals surface area contributed by atoms with Crippen molar-refractivity contribution in [3.8, 4) is 0 Å². The highest BCUT2D eigenvalue weighted by Crippen LogP contribution is 2.26. The Labute approximate surface area is 117 Å². The van der Waals surface area contributed by atoms with Crippen LogP contribution in [0.2, 0.25) is 5.02 Å². The van der Waals surface area contributed by atoms with Crippen LogP contribution in [0.1, 0.15) is 16.1 Å². The van der Waals surface area contributed by atoms with Crippen molar-refractivity contribution < 1.29 is 14.3 Å². The normalized spacial score (nSPS) is 10.3. The van der Waals surface area contributed by atoms with Crippen molar-refractivity contribution in [1.29, 1.82) is 0 Å². The second-order valence-corrected chi connectivity index (χ2v) is 4.85. The second-order valence-electron chi connectivity index (χ2n) is 3.56. The molecule has 0 aliphatic rings. The van der Waals surface area contributed by atoms with E-state index in [2.05, 4.69) is 21.2 Å². The number of benzene rings is 1. The maximum absolute atomic E-state index is 10.9. The second kappa shape index (κ2) is 5.46. The molecule has 2 aromatic rings. The van der Waals surface area contributed by atoms with Gasteiger partial charge in [-0.2, -0.15) is 0 Å². The molecule has 0 fully saturated rings. The molecule has 0 radical (unpaired) electrons. The van der Waals surface area contributed by atoms with Gasteiger partial charge in [0.15, 0.2) is 0 Å². The maximum atomic E-state index is 10.9. The van der Waals surface area contributed by atoms with Crippen LogP contribution in [0.4, 0.5) is 5.69 Å². The maximum Gasteiger partial charge on any atom is 0.372 e. The van der Waals surface area contributed by atoms with Crippen molar-refractivity contribution in [3.63, 3.8) is 0 Å². The Bertz CT molecular complexity index is 582. The van der Waals surface area contributed by atoms with Gasteiger partial charge >= 0.3 is 5.97 Å². The van der Waals surface area contributed by atoms with Crippen molar-refractivity contribution in [2.75, 3.05) is 5.32 Å². The molecule has 2 rings (SSSR count). The van der Waals surface area contributed by atoms with Crippen molar-refractivity contribution in [1.82, 2.24) is 0 Å². The number of hydrogen-bond donors (Lipinski definition) is 2. The van der Waals surface area contributed by atoms with Crippen LogP contribution in [0, 0.1) is 0 Å². The van der Waals surface area contributed by atoms with Crippen LogP contribution in [-0.4, -0.2) is 11.1 Å². The number of carbonyl (C=O) groups is 1. The lowest BCUT2D eigenvalue weighted by atomic mass is 10.2. The third-order valence-corrected chi connectivity index (χ3v) is 3.23. The van der Waals surface area contributed by atoms with Gasteiger partial charge in [0.2, 0.25) is 5.76 Å². The van der Waals surface area contributed by atoms with Crippen LogP contribution in [0.15, 0.2) is 39.4 Å². The molecule has 0 amide bonds. The van der Waals surface area contributed by atoms with E-state index < -0.39 is 5.97 Å². The van der Waals surface area contributed by atoms with Crippen LogP contribution in [0.3, 0.4) is 0 Å². The van der Waals surface area contributed by atoms with Crippen LogP contribution in [0.25, 0.3) is 0 Å². The average molecular weight is 331 g/mol. The molecule has 1 heterocycles. The molecule has 18 heavy (non-hydrogen) atoms. The lowest BCUT2D eigenvalue weighted by molar-refractivity contribution is 0.0661. The molecule has 0 atom stereocenters. The van der Waals surface area contributed by atoms with Crippen LogP contribution < -0.4 is 5.32 Å². The summed E-state index contributed by atoms with van der Waals surface area (Å²) in [6, 6.07) is 6.95. The SMILES string of the molecule is O=C(O)c1occc1CNc1ccc(Cl)cc1Br. The van der Waals surface area contributed by atoms with E-state index in [1.807, 2.05) is 6.07 Å². The predicted octanol–water partition coefficient (Wildman–Crippen LogP) is 4.01. The quantitative estimate of drug-likeness (QED) is 0.889. The summed E-state index contributed by atoms with van der Waals surface area (Å²) in [7, 11) is 0. The molecule has 0 unspecified atom stereocenters. The molecule has 0 saturated carbocycles. The Morgan fingerprint density at radius 3 is 2.89 bits per heavy atom. The fourth-order valence-corrected chi connectivity index (χ4v) is 2.31. The molecular formula is C12H9BrClNO3. The number of hydrogen-bond acceptors (Lipinski definition) is 3. The Hall–Kier alpha value is -1.46. The number of rotatable bonds is 4. The minimum atomic E-state index is -1.08. The van der Waals surface area contributed by atoms with Gasteiger partial charge in [0.05, 0.1) is 6.26 Å². The highest BCUT2D eigenvalue weighted by molar-refractivity contribution is 9.10. The summed E-state index contributed by atoms with van der Waals surface area (Å²) in [4.78, 5) is 10.9. The van der Waals surface area contributed by atoms with E-state index in [0.29, 0.717) is 17.1 Å². The molecule has 0 bridgehead atoms. The number of carboxylic acids is 1. The first-order valence-electron chi connectivity index (χ1n) is 5.06. The molecule has 2 N–H and O–H groups in total. The Morgan fingerprint density at radius 2 is 2.22 bits per heavy atom. The average Bonchev–Trinajstić information content (AvgIpc) is 2.76. The summed E-state index contributed by atoms with van der Waals surface area (Å²) in [5.74, 6) is -1.13. The summed E-state index contributed by atoms with van der Waals surface area (Å²) in [6.07, 6.45) is 1.36. The van der Waals surface area contributed by atoms with Gasteiger partial charge < -0.3 is 14.8 Å². The van der Waals surface area contributed by atoms with Gasteiger partial charge in [-0.15, -0.1) is 0 Å². The monoisotopic (exact) mass is 329 g/mol. The summed E-state index contributed by atoms with van der Waals surface area (Å²) in [5.41, 5.74) is 1.42. The summed E-state index contributed by atoms with van der Waals surface area (Å²) < 4.78 is 5.71. The Balaban J connectivity index is 2.11. The third-order valence-electron chi connectivity index (χ3n) is 2.34. The fraction of sp³-hybridized carbons (Fsp3) is 0.0833. The molecule has 0 saturated heterocycles. The minimum absolute atomic E-state index is 0.0485. The summed E-state index contributed by atoms with van der Waals surface area (Å²) >= 11 is 9.21. The smallest absolute Gasteiger partial charge is 0.372 e. The zero-order chi connectivity index (χ0) is 13.1. The van der Waals surface area contributed by atoms with Crippen molar-refractivity contribution in [2.45, 2.75) is 6.54 Å². The third kappa shape index (κ3) is 2.86. The van der Waals surface area contributed by atoms with Gasteiger partial charge in [0, 0.05) is 27.3 Å². The van der Waals surface area contributed by atoms with Gasteiger partial charge in [-0.1, -0.05) is 11.6 Å². The summed E-state index contributed by atoms with van der Waals surface area (Å²) in [5, 5.41) is 12.6. The van der Waals surface area contributed by atoms with Gasteiger partial charge in [0.25, 0.3) is 0 Å².